The van der Waals surface area contributed by atoms with E-state index in [4.69, 9.17) is 17.0 Å². The molecule has 2 amide bonds. The van der Waals surface area contributed by atoms with Crippen LogP contribution in [0.2, 0.25) is 0 Å². The highest BCUT2D eigenvalue weighted by Gasteiger charge is 2.16. The van der Waals surface area contributed by atoms with E-state index in [-0.39, 0.29) is 18.4 Å². The van der Waals surface area contributed by atoms with Gasteiger partial charge in [0.1, 0.15) is 10.4 Å². The van der Waals surface area contributed by atoms with Crippen molar-refractivity contribution >= 4 is 29.7 Å². The molecule has 0 bridgehead atoms. The molecule has 0 aliphatic heterocycles. The third kappa shape index (κ3) is 4.40. The van der Waals surface area contributed by atoms with Crippen molar-refractivity contribution in [1.29, 1.82) is 0 Å². The Morgan fingerprint density at radius 3 is 2.78 bits per heavy atom. The van der Waals surface area contributed by atoms with Crippen molar-refractivity contribution in [1.82, 2.24) is 9.88 Å². The molecule has 0 aliphatic rings. The number of aromatic amines is 1. The number of carbonyl (C=O) groups is 2. The minimum absolute atomic E-state index is 0.0836. The third-order valence-electron chi connectivity index (χ3n) is 3.13. The summed E-state index contributed by atoms with van der Waals surface area (Å²) in [6.07, 6.45) is 1.65. The lowest BCUT2D eigenvalue weighted by atomic mass is 10.2. The van der Waals surface area contributed by atoms with Crippen molar-refractivity contribution in [3.8, 4) is 5.75 Å². The number of carbonyl (C=O) groups excluding carboxylic acids is 2. The molecule has 6 nitrogen and oxygen atoms in total. The fourth-order valence-corrected chi connectivity index (χ4v) is 2.21. The summed E-state index contributed by atoms with van der Waals surface area (Å²) in [6, 6.07) is 10.3. The number of methoxy groups -OCH3 is 1. The van der Waals surface area contributed by atoms with Crippen molar-refractivity contribution < 1.29 is 14.3 Å². The van der Waals surface area contributed by atoms with Crippen LogP contribution in [0.25, 0.3) is 0 Å². The van der Waals surface area contributed by atoms with Gasteiger partial charge in [-0.25, -0.2) is 0 Å². The van der Waals surface area contributed by atoms with Gasteiger partial charge in [-0.2, -0.15) is 0 Å². The molecular formula is C16H17N3O3S. The number of pyridine rings is 1. The molecule has 120 valence electrons. The molecule has 0 atom stereocenters. The Morgan fingerprint density at radius 1 is 1.30 bits per heavy atom. The lowest BCUT2D eigenvalue weighted by Crippen LogP contribution is -2.35. The van der Waals surface area contributed by atoms with E-state index in [0.717, 1.165) is 0 Å². The van der Waals surface area contributed by atoms with Crippen molar-refractivity contribution in [3.05, 3.63) is 52.8 Å². The Morgan fingerprint density at radius 2 is 2.09 bits per heavy atom. The predicted octanol–water partition coefficient (Wildman–Crippen LogP) is 2.46. The highest BCUT2D eigenvalue weighted by molar-refractivity contribution is 7.71. The first-order chi connectivity index (χ1) is 11.0. The maximum Gasteiger partial charge on any atom is 0.257 e. The number of benzene rings is 1. The van der Waals surface area contributed by atoms with E-state index in [0.29, 0.717) is 21.6 Å². The highest BCUT2D eigenvalue weighted by atomic mass is 32.1. The fourth-order valence-electron chi connectivity index (χ4n) is 1.98. The molecule has 0 spiro atoms. The van der Waals surface area contributed by atoms with Crippen LogP contribution in [0.5, 0.6) is 5.75 Å². The van der Waals surface area contributed by atoms with E-state index < -0.39 is 0 Å². The molecular weight excluding hydrogens is 314 g/mol. The van der Waals surface area contributed by atoms with Gasteiger partial charge in [0.05, 0.1) is 19.2 Å². The summed E-state index contributed by atoms with van der Waals surface area (Å²) in [5.41, 5.74) is 0.964. The Kier molecular flexibility index (Phi) is 5.48. The third-order valence-corrected chi connectivity index (χ3v) is 3.47. The van der Waals surface area contributed by atoms with E-state index in [1.165, 1.54) is 4.90 Å². The highest BCUT2D eigenvalue weighted by Crippen LogP contribution is 2.16. The van der Waals surface area contributed by atoms with Gasteiger partial charge in [-0.1, -0.05) is 18.3 Å². The molecule has 0 unspecified atom stereocenters. The normalized spacial score (nSPS) is 10.0. The largest absolute Gasteiger partial charge is 0.497 e. The van der Waals surface area contributed by atoms with Gasteiger partial charge in [0.2, 0.25) is 5.91 Å². The Hall–Kier alpha value is -2.67. The van der Waals surface area contributed by atoms with E-state index in [9.17, 15) is 9.59 Å². The Balaban J connectivity index is 2.00. The van der Waals surface area contributed by atoms with Crippen LogP contribution in [0.15, 0.2) is 42.6 Å². The molecule has 2 rings (SSSR count). The smallest absolute Gasteiger partial charge is 0.257 e. The summed E-state index contributed by atoms with van der Waals surface area (Å²) < 4.78 is 5.44. The van der Waals surface area contributed by atoms with Gasteiger partial charge in [0.15, 0.2) is 0 Å². The van der Waals surface area contributed by atoms with Gasteiger partial charge in [-0.15, -0.1) is 0 Å². The topological polar surface area (TPSA) is 74.4 Å². The summed E-state index contributed by atoms with van der Waals surface area (Å²) in [7, 11) is 3.10. The second kappa shape index (κ2) is 7.55. The number of H-pyrrole nitrogens is 1. The summed E-state index contributed by atoms with van der Waals surface area (Å²) in [5.74, 6) is 0.0235. The second-order valence-corrected chi connectivity index (χ2v) is 5.26. The maximum absolute atomic E-state index is 12.3. The van der Waals surface area contributed by atoms with Crippen LogP contribution < -0.4 is 10.1 Å². The van der Waals surface area contributed by atoms with Crippen molar-refractivity contribution in [2.75, 3.05) is 26.0 Å². The number of nitrogens with zero attached hydrogens (tertiary/aromatic N) is 1. The number of rotatable bonds is 5. The van der Waals surface area contributed by atoms with Gasteiger partial charge in [0.25, 0.3) is 5.91 Å². The van der Waals surface area contributed by atoms with Gasteiger partial charge in [-0.3, -0.25) is 9.59 Å². The number of hydrogen-bond donors (Lipinski definition) is 2. The minimum Gasteiger partial charge on any atom is -0.497 e. The molecule has 0 saturated heterocycles. The first-order valence-electron chi connectivity index (χ1n) is 6.88. The average molecular weight is 331 g/mol. The lowest BCUT2D eigenvalue weighted by molar-refractivity contribution is -0.116. The van der Waals surface area contributed by atoms with Gasteiger partial charge in [-0.05, 0) is 24.3 Å². The molecule has 1 aromatic carbocycles. The molecule has 2 N–H and O–H groups in total. The number of ether oxygens (including phenoxy) is 1. The van der Waals surface area contributed by atoms with Crippen LogP contribution in [0.3, 0.4) is 0 Å². The van der Waals surface area contributed by atoms with Gasteiger partial charge < -0.3 is 19.9 Å². The van der Waals surface area contributed by atoms with E-state index >= 15 is 0 Å². The molecule has 1 aromatic heterocycles. The molecule has 0 fully saturated rings. The van der Waals surface area contributed by atoms with Crippen LogP contribution >= 0.6 is 12.2 Å². The number of nitrogens with one attached hydrogen (secondary N) is 2. The number of likely N-dealkylation sites (N-methyl/N-ethyl adjacent to an activating group) is 1. The first-order valence-corrected chi connectivity index (χ1v) is 7.29. The summed E-state index contributed by atoms with van der Waals surface area (Å²) in [6.45, 7) is -0.0836. The predicted molar refractivity (Wildman–Crippen MR) is 90.2 cm³/mol. The number of anilines is 1. The van der Waals surface area contributed by atoms with Crippen molar-refractivity contribution in [3.63, 3.8) is 0 Å². The molecule has 0 radical (unpaired) electrons. The Bertz CT molecular complexity index is 773. The van der Waals surface area contributed by atoms with E-state index in [1.54, 1.807) is 56.8 Å². The van der Waals surface area contributed by atoms with Crippen LogP contribution in [-0.2, 0) is 4.79 Å². The fraction of sp³-hybridized carbons (Fsp3) is 0.188. The van der Waals surface area contributed by atoms with E-state index in [1.807, 2.05) is 0 Å². The molecule has 7 heteroatoms. The minimum atomic E-state index is -0.312. The first kappa shape index (κ1) is 16.7. The van der Waals surface area contributed by atoms with Gasteiger partial charge in [0, 0.05) is 25.0 Å². The number of amides is 2. The monoisotopic (exact) mass is 331 g/mol. The van der Waals surface area contributed by atoms with Crippen LogP contribution in [0.1, 0.15) is 10.4 Å². The summed E-state index contributed by atoms with van der Waals surface area (Å²) in [4.78, 5) is 28.5. The van der Waals surface area contributed by atoms with Gasteiger partial charge >= 0.3 is 0 Å². The quantitative estimate of drug-likeness (QED) is 0.826. The van der Waals surface area contributed by atoms with Crippen LogP contribution in [-0.4, -0.2) is 42.4 Å². The second-order valence-electron chi connectivity index (χ2n) is 4.85. The molecule has 23 heavy (non-hydrogen) atoms. The zero-order valence-electron chi connectivity index (χ0n) is 12.8. The van der Waals surface area contributed by atoms with Crippen LogP contribution in [0, 0.1) is 4.64 Å². The summed E-state index contributed by atoms with van der Waals surface area (Å²) in [5, 5.41) is 2.72. The SMILES string of the molecule is COc1cccc(NC(=O)CN(C)C(=O)c2ccc[nH]c2=S)c1. The Labute approximate surface area is 139 Å². The molecule has 0 aliphatic carbocycles. The zero-order valence-corrected chi connectivity index (χ0v) is 13.6. The lowest BCUT2D eigenvalue weighted by Gasteiger charge is -2.17. The number of aromatic nitrogens is 1. The average Bonchev–Trinajstić information content (AvgIpc) is 2.54. The summed E-state index contributed by atoms with van der Waals surface area (Å²) >= 11 is 5.08. The maximum atomic E-state index is 12.3. The molecule has 2 aromatic rings. The molecule has 0 saturated carbocycles. The van der Waals surface area contributed by atoms with Crippen molar-refractivity contribution in [2.45, 2.75) is 0 Å². The molecule has 1 heterocycles. The van der Waals surface area contributed by atoms with Crippen LogP contribution in [0.4, 0.5) is 5.69 Å². The number of hydrogen-bond acceptors (Lipinski definition) is 4. The van der Waals surface area contributed by atoms with E-state index in [2.05, 4.69) is 10.3 Å². The standard InChI is InChI=1S/C16H17N3O3S/c1-19(16(21)13-7-4-8-17-15(13)23)10-14(20)18-11-5-3-6-12(9-11)22-2/h3-9H,10H2,1-2H3,(H,17,23)(H,18,20). The van der Waals surface area contributed by atoms with Crippen molar-refractivity contribution in [2.24, 2.45) is 0 Å². The zero-order chi connectivity index (χ0) is 16.8.